The van der Waals surface area contributed by atoms with E-state index in [4.69, 9.17) is 14.7 Å². The Kier molecular flexibility index (Phi) is 5.43. The zero-order chi connectivity index (χ0) is 22.2. The molecule has 32 heavy (non-hydrogen) atoms. The fraction of sp³-hybridized carbons (Fsp3) is 0.400. The number of rotatable bonds is 3. The number of nitrogens with zero attached hydrogens (tertiary/aromatic N) is 4. The normalized spacial score (nSPS) is 20.8. The summed E-state index contributed by atoms with van der Waals surface area (Å²) in [7, 11) is 0. The van der Waals surface area contributed by atoms with Crippen LogP contribution in [0.25, 0.3) is 11.0 Å². The second-order valence-electron chi connectivity index (χ2n) is 8.82. The van der Waals surface area contributed by atoms with Gasteiger partial charge in [0.2, 0.25) is 5.91 Å². The molecule has 0 aliphatic carbocycles. The van der Waals surface area contributed by atoms with Gasteiger partial charge in [-0.2, -0.15) is 0 Å². The van der Waals surface area contributed by atoms with E-state index in [1.54, 1.807) is 6.92 Å². The molecule has 2 aromatic carbocycles. The van der Waals surface area contributed by atoms with Crippen molar-refractivity contribution in [3.63, 3.8) is 0 Å². The minimum Gasteiger partial charge on any atom is -0.372 e. The van der Waals surface area contributed by atoms with Crippen LogP contribution in [0, 0.1) is 0 Å². The smallest absolute Gasteiger partial charge is 0.221 e. The van der Waals surface area contributed by atoms with E-state index in [-0.39, 0.29) is 18.1 Å². The lowest BCUT2D eigenvalue weighted by molar-refractivity contribution is -0.114. The molecule has 1 amide bonds. The van der Waals surface area contributed by atoms with Crippen LogP contribution in [-0.2, 0) is 22.5 Å². The van der Waals surface area contributed by atoms with Crippen LogP contribution in [0.3, 0.4) is 0 Å². The summed E-state index contributed by atoms with van der Waals surface area (Å²) in [6, 6.07) is 14.2. The summed E-state index contributed by atoms with van der Waals surface area (Å²) in [6.45, 7) is 8.91. The van der Waals surface area contributed by atoms with E-state index in [0.29, 0.717) is 0 Å². The lowest BCUT2D eigenvalue weighted by atomic mass is 9.97. The maximum Gasteiger partial charge on any atom is 0.221 e. The van der Waals surface area contributed by atoms with E-state index in [2.05, 4.69) is 35.0 Å². The van der Waals surface area contributed by atoms with E-state index in [1.807, 2.05) is 36.4 Å². The highest BCUT2D eigenvalue weighted by Crippen LogP contribution is 2.35. The number of fused-ring (bicyclic) bond motifs is 2. The Balaban J connectivity index is 1.54. The molecule has 5 rings (SSSR count). The van der Waals surface area contributed by atoms with Gasteiger partial charge in [0.05, 0.1) is 23.2 Å². The topological polar surface area (TPSA) is 70.6 Å². The number of nitrogens with one attached hydrogen (secondary N) is 1. The number of benzene rings is 2. The number of amides is 1. The molecule has 0 spiro atoms. The molecule has 2 atom stereocenters. The molecule has 2 aliphatic heterocycles. The van der Waals surface area contributed by atoms with Crippen LogP contribution in [0.5, 0.6) is 0 Å². The van der Waals surface area contributed by atoms with Gasteiger partial charge >= 0.3 is 0 Å². The van der Waals surface area contributed by atoms with Gasteiger partial charge in [-0.1, -0.05) is 24.3 Å². The number of aromatic nitrogens is 2. The van der Waals surface area contributed by atoms with Gasteiger partial charge in [0, 0.05) is 38.8 Å². The summed E-state index contributed by atoms with van der Waals surface area (Å²) < 4.78 is 5.96. The Morgan fingerprint density at radius 1 is 0.969 bits per heavy atom. The first kappa shape index (κ1) is 20.7. The van der Waals surface area contributed by atoms with E-state index in [0.717, 1.165) is 61.0 Å². The molecular weight excluding hydrogens is 402 g/mol. The molecule has 7 nitrogen and oxygen atoms in total. The molecule has 0 saturated carbocycles. The highest BCUT2D eigenvalue weighted by atomic mass is 16.5. The monoisotopic (exact) mass is 431 g/mol. The minimum atomic E-state index is -0.0425. The summed E-state index contributed by atoms with van der Waals surface area (Å²) in [6.07, 6.45) is 1.12. The molecule has 1 aromatic heterocycles. The summed E-state index contributed by atoms with van der Waals surface area (Å²) in [5, 5.41) is 2.98. The quantitative estimate of drug-likeness (QED) is 0.681. The summed E-state index contributed by atoms with van der Waals surface area (Å²) >= 11 is 0. The zero-order valence-corrected chi connectivity index (χ0v) is 18.8. The van der Waals surface area contributed by atoms with Crippen molar-refractivity contribution in [3.8, 4) is 0 Å². The molecule has 3 aromatic rings. The number of carbonyl (C=O) groups excluding carboxylic acids is 1. The molecule has 1 N–H and O–H groups in total. The van der Waals surface area contributed by atoms with Crippen molar-refractivity contribution >= 4 is 34.3 Å². The first-order chi connectivity index (χ1) is 15.5. The van der Waals surface area contributed by atoms with E-state index < -0.39 is 0 Å². The third-order valence-electron chi connectivity index (χ3n) is 6.13. The number of morpholine rings is 1. The fourth-order valence-corrected chi connectivity index (χ4v) is 4.85. The highest BCUT2D eigenvalue weighted by Gasteiger charge is 2.29. The predicted octanol–water partition coefficient (Wildman–Crippen LogP) is 3.76. The van der Waals surface area contributed by atoms with Crippen LogP contribution in [0.15, 0.2) is 42.5 Å². The maximum absolute atomic E-state index is 11.6. The minimum absolute atomic E-state index is 0.0425. The molecule has 1 saturated heterocycles. The van der Waals surface area contributed by atoms with Crippen LogP contribution in [-0.4, -0.2) is 47.7 Å². The van der Waals surface area contributed by atoms with E-state index in [9.17, 15) is 4.79 Å². The van der Waals surface area contributed by atoms with Gasteiger partial charge in [-0.25, -0.2) is 9.97 Å². The fourth-order valence-electron chi connectivity index (χ4n) is 4.85. The van der Waals surface area contributed by atoms with Gasteiger partial charge < -0.3 is 19.9 Å². The summed E-state index contributed by atoms with van der Waals surface area (Å²) in [4.78, 5) is 26.4. The van der Waals surface area contributed by atoms with Crippen LogP contribution in [0.2, 0.25) is 0 Å². The number of carbonyl (C=O) groups is 1. The van der Waals surface area contributed by atoms with Gasteiger partial charge in [0.1, 0.15) is 0 Å². The van der Waals surface area contributed by atoms with Crippen LogP contribution < -0.4 is 15.1 Å². The molecule has 2 aliphatic rings. The van der Waals surface area contributed by atoms with Gasteiger partial charge in [-0.15, -0.1) is 0 Å². The SMILES string of the molecule is CC(=O)Nc1cccc2c1CCN(c1nc3ccccc3nc1N1C[C@H](C)O[C@@H](C)C1)C2. The predicted molar refractivity (Wildman–Crippen MR) is 127 cm³/mol. The highest BCUT2D eigenvalue weighted by molar-refractivity contribution is 5.90. The average Bonchev–Trinajstić information content (AvgIpc) is 2.77. The van der Waals surface area contributed by atoms with Crippen LogP contribution in [0.1, 0.15) is 31.9 Å². The molecule has 0 unspecified atom stereocenters. The molecule has 166 valence electrons. The summed E-state index contributed by atoms with van der Waals surface area (Å²) in [5.41, 5.74) is 5.15. The molecule has 3 heterocycles. The number of ether oxygens (including phenoxy) is 1. The van der Waals surface area contributed by atoms with Gasteiger partial charge in [0.25, 0.3) is 0 Å². The Bertz CT molecular complexity index is 1150. The lowest BCUT2D eigenvalue weighted by Gasteiger charge is -2.39. The Morgan fingerprint density at radius 2 is 1.62 bits per heavy atom. The van der Waals surface area contributed by atoms with Crippen molar-refractivity contribution in [2.24, 2.45) is 0 Å². The van der Waals surface area contributed by atoms with Gasteiger partial charge in [0.15, 0.2) is 11.6 Å². The Morgan fingerprint density at radius 3 is 2.28 bits per heavy atom. The second kappa shape index (κ2) is 8.39. The van der Waals surface area contributed by atoms with Gasteiger partial charge in [-0.3, -0.25) is 4.79 Å². The maximum atomic E-state index is 11.6. The number of hydrogen-bond donors (Lipinski definition) is 1. The lowest BCUT2D eigenvalue weighted by Crippen LogP contribution is -2.46. The second-order valence-corrected chi connectivity index (χ2v) is 8.82. The van der Waals surface area contributed by atoms with Crippen LogP contribution >= 0.6 is 0 Å². The third kappa shape index (κ3) is 4.00. The molecule has 0 bridgehead atoms. The molecule has 0 radical (unpaired) electrons. The van der Waals surface area contributed by atoms with E-state index >= 15 is 0 Å². The standard InChI is InChI=1S/C25H29N5O2/c1-16-13-30(14-17(2)32-16)25-24(27-22-8-4-5-9-23(22)28-25)29-12-11-20-19(15-29)7-6-10-21(20)26-18(3)31/h4-10,16-17H,11-15H2,1-3H3,(H,26,31)/t16-,17-/m0/s1. The number of hydrogen-bond acceptors (Lipinski definition) is 6. The van der Waals surface area contributed by atoms with Crippen molar-refractivity contribution in [2.75, 3.05) is 34.8 Å². The molecular formula is C25H29N5O2. The first-order valence-corrected chi connectivity index (χ1v) is 11.3. The largest absolute Gasteiger partial charge is 0.372 e. The van der Waals surface area contributed by atoms with Crippen molar-refractivity contribution in [2.45, 2.75) is 45.9 Å². The van der Waals surface area contributed by atoms with Crippen molar-refractivity contribution < 1.29 is 9.53 Å². The molecule has 7 heteroatoms. The van der Waals surface area contributed by atoms with Crippen molar-refractivity contribution in [1.29, 1.82) is 0 Å². The van der Waals surface area contributed by atoms with Gasteiger partial charge in [-0.05, 0) is 49.6 Å². The summed E-state index contributed by atoms with van der Waals surface area (Å²) in [5.74, 6) is 1.80. The zero-order valence-electron chi connectivity index (χ0n) is 18.8. The van der Waals surface area contributed by atoms with E-state index in [1.165, 1.54) is 11.1 Å². The average molecular weight is 432 g/mol. The molecule has 1 fully saturated rings. The number of anilines is 3. The Hall–Kier alpha value is -3.19. The first-order valence-electron chi connectivity index (χ1n) is 11.3. The van der Waals surface area contributed by atoms with Crippen molar-refractivity contribution in [3.05, 3.63) is 53.6 Å². The third-order valence-corrected chi connectivity index (χ3v) is 6.13. The van der Waals surface area contributed by atoms with Crippen LogP contribution in [0.4, 0.5) is 17.3 Å². The Labute approximate surface area is 188 Å². The van der Waals surface area contributed by atoms with Crippen molar-refractivity contribution in [1.82, 2.24) is 9.97 Å². The number of para-hydroxylation sites is 2.